The predicted molar refractivity (Wildman–Crippen MR) is 89.1 cm³/mol. The molecule has 2 aromatic rings. The Morgan fingerprint density at radius 3 is 2.10 bits per heavy atom. The van der Waals surface area contributed by atoms with Gasteiger partial charge in [0.15, 0.2) is 0 Å². The fraction of sp³-hybridized carbons (Fsp3) is 0.368. The maximum Gasteiger partial charge on any atom is 0.122 e. The zero-order valence-corrected chi connectivity index (χ0v) is 13.7. The minimum atomic E-state index is 0.200. The fourth-order valence-electron chi connectivity index (χ4n) is 2.68. The van der Waals surface area contributed by atoms with Crippen molar-refractivity contribution in [1.29, 1.82) is 0 Å². The van der Waals surface area contributed by atoms with Crippen molar-refractivity contribution in [3.8, 4) is 5.75 Å². The Bertz CT molecular complexity index is 619. The van der Waals surface area contributed by atoms with Gasteiger partial charge in [0.25, 0.3) is 0 Å². The molecule has 2 rings (SSSR count). The number of benzene rings is 2. The molecule has 0 saturated heterocycles. The van der Waals surface area contributed by atoms with Crippen LogP contribution in [0.2, 0.25) is 0 Å². The Morgan fingerprint density at radius 1 is 0.905 bits per heavy atom. The van der Waals surface area contributed by atoms with Crippen molar-refractivity contribution in [2.45, 2.75) is 33.7 Å². The van der Waals surface area contributed by atoms with Crippen molar-refractivity contribution >= 4 is 0 Å². The van der Waals surface area contributed by atoms with Gasteiger partial charge in [0.05, 0.1) is 6.04 Å². The van der Waals surface area contributed by atoms with Crippen LogP contribution in [0.15, 0.2) is 36.4 Å². The molecule has 0 aromatic heterocycles. The molecule has 0 aliphatic carbocycles. The number of hydrogen-bond acceptors (Lipinski definition) is 2. The lowest BCUT2D eigenvalue weighted by molar-refractivity contribution is 0.271. The van der Waals surface area contributed by atoms with E-state index in [-0.39, 0.29) is 6.04 Å². The van der Waals surface area contributed by atoms with Crippen LogP contribution in [0, 0.1) is 27.7 Å². The molecular formula is C19H25NO. The van der Waals surface area contributed by atoms with E-state index < -0.39 is 0 Å². The highest BCUT2D eigenvalue weighted by molar-refractivity contribution is 5.36. The van der Waals surface area contributed by atoms with Gasteiger partial charge in [0, 0.05) is 0 Å². The van der Waals surface area contributed by atoms with E-state index in [2.05, 4.69) is 69.4 Å². The van der Waals surface area contributed by atoms with Gasteiger partial charge in [-0.2, -0.15) is 0 Å². The lowest BCUT2D eigenvalue weighted by Gasteiger charge is -2.20. The summed E-state index contributed by atoms with van der Waals surface area (Å²) in [6.45, 7) is 9.10. The Kier molecular flexibility index (Phi) is 5.03. The van der Waals surface area contributed by atoms with Gasteiger partial charge in [-0.25, -0.2) is 0 Å². The van der Waals surface area contributed by atoms with Crippen molar-refractivity contribution < 1.29 is 4.74 Å². The standard InChI is InChI=1S/C19H25NO/c1-13-6-8-17(15(3)10-13)18(20-5)12-21-19-9-7-14(2)11-16(19)4/h6-11,18,20H,12H2,1-5H3. The van der Waals surface area contributed by atoms with Crippen LogP contribution in [0.25, 0.3) is 0 Å². The number of aryl methyl sites for hydroxylation is 4. The average molecular weight is 283 g/mol. The van der Waals surface area contributed by atoms with Gasteiger partial charge in [-0.15, -0.1) is 0 Å². The van der Waals surface area contributed by atoms with E-state index in [9.17, 15) is 0 Å². The first kappa shape index (κ1) is 15.6. The maximum absolute atomic E-state index is 6.02. The second kappa shape index (κ2) is 6.77. The molecule has 0 bridgehead atoms. The lowest BCUT2D eigenvalue weighted by Crippen LogP contribution is -2.24. The SMILES string of the molecule is CNC(COc1ccc(C)cc1C)c1ccc(C)cc1C. The molecule has 2 nitrogen and oxygen atoms in total. The molecule has 0 amide bonds. The molecule has 0 spiro atoms. The maximum atomic E-state index is 6.02. The Labute approximate surface area is 128 Å². The normalized spacial score (nSPS) is 12.2. The topological polar surface area (TPSA) is 21.3 Å². The van der Waals surface area contributed by atoms with Gasteiger partial charge >= 0.3 is 0 Å². The molecule has 0 fully saturated rings. The summed E-state index contributed by atoms with van der Waals surface area (Å²) in [7, 11) is 1.98. The summed E-state index contributed by atoms with van der Waals surface area (Å²) in [5.74, 6) is 0.964. The molecule has 0 aliphatic heterocycles. The summed E-state index contributed by atoms with van der Waals surface area (Å²) in [6, 6.07) is 13.1. The smallest absolute Gasteiger partial charge is 0.122 e. The van der Waals surface area contributed by atoms with Gasteiger partial charge in [0.1, 0.15) is 12.4 Å². The van der Waals surface area contributed by atoms with Crippen molar-refractivity contribution in [2.75, 3.05) is 13.7 Å². The van der Waals surface area contributed by atoms with E-state index in [1.807, 2.05) is 7.05 Å². The molecule has 1 N–H and O–H groups in total. The third-order valence-corrected chi connectivity index (χ3v) is 3.89. The second-order valence-corrected chi connectivity index (χ2v) is 5.78. The van der Waals surface area contributed by atoms with E-state index >= 15 is 0 Å². The summed E-state index contributed by atoms with van der Waals surface area (Å²) in [5, 5.41) is 3.35. The van der Waals surface area contributed by atoms with Crippen LogP contribution in [0.1, 0.15) is 33.9 Å². The zero-order valence-electron chi connectivity index (χ0n) is 13.7. The zero-order chi connectivity index (χ0) is 15.4. The molecule has 112 valence electrons. The minimum Gasteiger partial charge on any atom is -0.491 e. The number of hydrogen-bond donors (Lipinski definition) is 1. The first-order valence-corrected chi connectivity index (χ1v) is 7.45. The van der Waals surface area contributed by atoms with E-state index in [1.54, 1.807) is 0 Å². The Balaban J connectivity index is 2.12. The van der Waals surface area contributed by atoms with E-state index in [1.165, 1.54) is 27.8 Å². The lowest BCUT2D eigenvalue weighted by atomic mass is 10.00. The molecule has 0 aliphatic rings. The minimum absolute atomic E-state index is 0.200. The quantitative estimate of drug-likeness (QED) is 0.885. The van der Waals surface area contributed by atoms with Gasteiger partial charge in [0.2, 0.25) is 0 Å². The number of likely N-dealkylation sites (N-methyl/N-ethyl adjacent to an activating group) is 1. The third kappa shape index (κ3) is 3.85. The number of ether oxygens (including phenoxy) is 1. The Hall–Kier alpha value is -1.80. The van der Waals surface area contributed by atoms with Crippen molar-refractivity contribution in [3.05, 3.63) is 64.2 Å². The van der Waals surface area contributed by atoms with E-state index in [0.717, 1.165) is 5.75 Å². The molecular weight excluding hydrogens is 258 g/mol. The predicted octanol–water partition coefficient (Wildman–Crippen LogP) is 4.26. The second-order valence-electron chi connectivity index (χ2n) is 5.78. The highest BCUT2D eigenvalue weighted by atomic mass is 16.5. The molecule has 2 aromatic carbocycles. The van der Waals surface area contributed by atoms with Crippen LogP contribution in [-0.2, 0) is 0 Å². The van der Waals surface area contributed by atoms with Crippen molar-refractivity contribution in [2.24, 2.45) is 0 Å². The molecule has 0 radical (unpaired) electrons. The summed E-state index contributed by atoms with van der Waals surface area (Å²) in [6.07, 6.45) is 0. The van der Waals surface area contributed by atoms with Crippen LogP contribution in [0.4, 0.5) is 0 Å². The summed E-state index contributed by atoms with van der Waals surface area (Å²) < 4.78 is 6.02. The van der Waals surface area contributed by atoms with Crippen LogP contribution in [0.5, 0.6) is 5.75 Å². The summed E-state index contributed by atoms with van der Waals surface area (Å²) in [4.78, 5) is 0. The van der Waals surface area contributed by atoms with Crippen molar-refractivity contribution in [1.82, 2.24) is 5.32 Å². The highest BCUT2D eigenvalue weighted by Crippen LogP contribution is 2.23. The van der Waals surface area contributed by atoms with Gasteiger partial charge in [-0.3, -0.25) is 0 Å². The summed E-state index contributed by atoms with van der Waals surface area (Å²) >= 11 is 0. The number of rotatable bonds is 5. The van der Waals surface area contributed by atoms with Crippen LogP contribution < -0.4 is 10.1 Å². The Morgan fingerprint density at radius 2 is 1.52 bits per heavy atom. The van der Waals surface area contributed by atoms with Gasteiger partial charge in [-0.05, 0) is 57.5 Å². The monoisotopic (exact) mass is 283 g/mol. The molecule has 1 unspecified atom stereocenters. The van der Waals surface area contributed by atoms with Gasteiger partial charge < -0.3 is 10.1 Å². The fourth-order valence-corrected chi connectivity index (χ4v) is 2.68. The van der Waals surface area contributed by atoms with E-state index in [4.69, 9.17) is 4.74 Å². The highest BCUT2D eigenvalue weighted by Gasteiger charge is 2.13. The molecule has 2 heteroatoms. The average Bonchev–Trinajstić information content (AvgIpc) is 2.43. The first-order chi connectivity index (χ1) is 10.0. The molecule has 1 atom stereocenters. The summed E-state index contributed by atoms with van der Waals surface area (Å²) in [5.41, 5.74) is 6.35. The third-order valence-electron chi connectivity index (χ3n) is 3.89. The van der Waals surface area contributed by atoms with Gasteiger partial charge in [-0.1, -0.05) is 41.5 Å². The number of nitrogens with one attached hydrogen (secondary N) is 1. The largest absolute Gasteiger partial charge is 0.491 e. The molecule has 21 heavy (non-hydrogen) atoms. The van der Waals surface area contributed by atoms with Crippen LogP contribution in [0.3, 0.4) is 0 Å². The van der Waals surface area contributed by atoms with Crippen LogP contribution in [-0.4, -0.2) is 13.7 Å². The van der Waals surface area contributed by atoms with Crippen LogP contribution >= 0.6 is 0 Å². The van der Waals surface area contributed by atoms with Crippen molar-refractivity contribution in [3.63, 3.8) is 0 Å². The molecule has 0 heterocycles. The van der Waals surface area contributed by atoms with E-state index in [0.29, 0.717) is 6.61 Å². The first-order valence-electron chi connectivity index (χ1n) is 7.45. The molecule has 0 saturated carbocycles.